The van der Waals surface area contributed by atoms with Gasteiger partial charge in [-0.3, -0.25) is 0 Å². The maximum Gasteiger partial charge on any atom is 0.156 e. The van der Waals surface area contributed by atoms with Gasteiger partial charge < -0.3 is 15.6 Å². The monoisotopic (exact) mass is 285 g/mol. The second kappa shape index (κ2) is 5.11. The number of hydrogen-bond donors (Lipinski definition) is 2. The molecule has 5 nitrogen and oxygen atoms in total. The number of benzene rings is 1. The van der Waals surface area contributed by atoms with Crippen LogP contribution in [-0.2, 0) is 9.84 Å². The average molecular weight is 285 g/mol. The zero-order valence-electron chi connectivity index (χ0n) is 11.0. The Morgan fingerprint density at radius 3 is 2.58 bits per heavy atom. The summed E-state index contributed by atoms with van der Waals surface area (Å²) in [6.45, 7) is 3.76. The van der Waals surface area contributed by atoms with Gasteiger partial charge in [0.2, 0.25) is 0 Å². The van der Waals surface area contributed by atoms with Crippen LogP contribution in [0.1, 0.15) is 24.1 Å². The zero-order valence-corrected chi connectivity index (χ0v) is 11.9. The van der Waals surface area contributed by atoms with E-state index in [1.165, 1.54) is 0 Å². The lowest BCUT2D eigenvalue weighted by Crippen LogP contribution is -2.30. The SMILES string of the molecule is Cc1cc([C@H](C)N)ccc1OC1CS(=O)(=O)CC1O. The van der Waals surface area contributed by atoms with E-state index in [0.717, 1.165) is 11.1 Å². The van der Waals surface area contributed by atoms with Crippen LogP contribution < -0.4 is 10.5 Å². The normalized spacial score (nSPS) is 27.2. The number of nitrogens with two attached hydrogens (primary N) is 1. The first-order valence-corrected chi connectivity index (χ1v) is 8.02. The van der Waals surface area contributed by atoms with E-state index in [2.05, 4.69) is 0 Å². The van der Waals surface area contributed by atoms with Gasteiger partial charge in [-0.15, -0.1) is 0 Å². The molecule has 0 spiro atoms. The van der Waals surface area contributed by atoms with Gasteiger partial charge in [0.1, 0.15) is 18.0 Å². The number of rotatable bonds is 3. The number of sulfone groups is 1. The van der Waals surface area contributed by atoms with E-state index in [1.807, 2.05) is 26.0 Å². The molecule has 6 heteroatoms. The highest BCUT2D eigenvalue weighted by atomic mass is 32.2. The molecular weight excluding hydrogens is 266 g/mol. The van der Waals surface area contributed by atoms with Gasteiger partial charge in [-0.2, -0.15) is 0 Å². The molecule has 0 aromatic heterocycles. The number of hydrogen-bond acceptors (Lipinski definition) is 5. The van der Waals surface area contributed by atoms with Gasteiger partial charge in [-0.05, 0) is 31.0 Å². The van der Waals surface area contributed by atoms with Crippen molar-refractivity contribution < 1.29 is 18.3 Å². The molecule has 1 aliphatic heterocycles. The minimum atomic E-state index is -3.19. The van der Waals surface area contributed by atoms with Crippen LogP contribution in [0.5, 0.6) is 5.75 Å². The molecule has 0 bridgehead atoms. The Balaban J connectivity index is 2.16. The van der Waals surface area contributed by atoms with Crippen LogP contribution in [0.3, 0.4) is 0 Å². The highest BCUT2D eigenvalue weighted by Crippen LogP contribution is 2.25. The summed E-state index contributed by atoms with van der Waals surface area (Å²) < 4.78 is 28.4. The first kappa shape index (κ1) is 14.3. The van der Waals surface area contributed by atoms with Crippen molar-refractivity contribution in [2.24, 2.45) is 5.73 Å². The standard InChI is InChI=1S/C13H19NO4S/c1-8-5-10(9(2)14)3-4-12(8)18-13-7-19(16,17)6-11(13)15/h3-5,9,11,13,15H,6-7,14H2,1-2H3/t9-,11?,13?/m0/s1. The van der Waals surface area contributed by atoms with E-state index in [-0.39, 0.29) is 17.5 Å². The maximum absolute atomic E-state index is 11.4. The predicted octanol–water partition coefficient (Wildman–Crippen LogP) is 0.551. The van der Waals surface area contributed by atoms with Crippen LogP contribution in [0.25, 0.3) is 0 Å². The number of aliphatic hydroxyl groups excluding tert-OH is 1. The molecule has 3 N–H and O–H groups in total. The maximum atomic E-state index is 11.4. The number of aryl methyl sites for hydroxylation is 1. The second-order valence-electron chi connectivity index (χ2n) is 5.11. The Hall–Kier alpha value is -1.11. The van der Waals surface area contributed by atoms with Crippen LogP contribution in [-0.4, -0.2) is 37.2 Å². The molecule has 2 unspecified atom stereocenters. The molecule has 1 aromatic rings. The van der Waals surface area contributed by atoms with Crippen molar-refractivity contribution in [3.63, 3.8) is 0 Å². The molecule has 0 amide bonds. The molecule has 1 aliphatic rings. The van der Waals surface area contributed by atoms with Crippen LogP contribution in [0.4, 0.5) is 0 Å². The van der Waals surface area contributed by atoms with Gasteiger partial charge in [-0.1, -0.05) is 12.1 Å². The smallest absolute Gasteiger partial charge is 0.156 e. The Labute approximate surface area is 113 Å². The summed E-state index contributed by atoms with van der Waals surface area (Å²) in [6, 6.07) is 5.47. The molecular formula is C13H19NO4S. The van der Waals surface area contributed by atoms with Gasteiger partial charge in [0.25, 0.3) is 0 Å². The molecule has 0 aliphatic carbocycles. The fourth-order valence-corrected chi connectivity index (χ4v) is 3.82. The van der Waals surface area contributed by atoms with Crippen molar-refractivity contribution >= 4 is 9.84 Å². The van der Waals surface area contributed by atoms with Crippen molar-refractivity contribution in [1.82, 2.24) is 0 Å². The minimum absolute atomic E-state index is 0.0646. The zero-order chi connectivity index (χ0) is 14.2. The Morgan fingerprint density at radius 1 is 1.42 bits per heavy atom. The minimum Gasteiger partial charge on any atom is -0.486 e. The lowest BCUT2D eigenvalue weighted by atomic mass is 10.1. The molecule has 1 aromatic carbocycles. The van der Waals surface area contributed by atoms with Gasteiger partial charge >= 0.3 is 0 Å². The summed E-state index contributed by atoms with van der Waals surface area (Å²) in [5, 5.41) is 9.70. The van der Waals surface area contributed by atoms with Crippen molar-refractivity contribution in [3.8, 4) is 5.75 Å². The van der Waals surface area contributed by atoms with Crippen molar-refractivity contribution in [2.45, 2.75) is 32.1 Å². The fraction of sp³-hybridized carbons (Fsp3) is 0.538. The van der Waals surface area contributed by atoms with Gasteiger partial charge in [-0.25, -0.2) is 8.42 Å². The van der Waals surface area contributed by atoms with Crippen molar-refractivity contribution in [3.05, 3.63) is 29.3 Å². The fourth-order valence-electron chi connectivity index (χ4n) is 2.16. The molecule has 1 heterocycles. The van der Waals surface area contributed by atoms with Gasteiger partial charge in [0, 0.05) is 6.04 Å². The number of ether oxygens (including phenoxy) is 1. The van der Waals surface area contributed by atoms with Crippen molar-refractivity contribution in [1.29, 1.82) is 0 Å². The summed E-state index contributed by atoms with van der Waals surface area (Å²) in [5.41, 5.74) is 7.66. The Morgan fingerprint density at radius 2 is 2.11 bits per heavy atom. The average Bonchev–Trinajstić information content (AvgIpc) is 2.54. The Kier molecular flexibility index (Phi) is 3.85. The quantitative estimate of drug-likeness (QED) is 0.846. The Bertz CT molecular complexity index is 568. The van der Waals surface area contributed by atoms with E-state index in [1.54, 1.807) is 6.07 Å². The summed E-state index contributed by atoms with van der Waals surface area (Å²) in [4.78, 5) is 0. The lowest BCUT2D eigenvalue weighted by Gasteiger charge is -2.18. The molecule has 106 valence electrons. The van der Waals surface area contributed by atoms with E-state index in [4.69, 9.17) is 10.5 Å². The third-order valence-electron chi connectivity index (χ3n) is 3.28. The summed E-state index contributed by atoms with van der Waals surface area (Å²) in [5.74, 6) is 0.225. The molecule has 0 radical (unpaired) electrons. The topological polar surface area (TPSA) is 89.6 Å². The van der Waals surface area contributed by atoms with E-state index in [0.29, 0.717) is 5.75 Å². The van der Waals surface area contributed by atoms with E-state index < -0.39 is 22.0 Å². The molecule has 19 heavy (non-hydrogen) atoms. The summed E-state index contributed by atoms with van der Waals surface area (Å²) >= 11 is 0. The van der Waals surface area contributed by atoms with Gasteiger partial charge in [0.05, 0.1) is 11.5 Å². The third-order valence-corrected chi connectivity index (χ3v) is 4.96. The van der Waals surface area contributed by atoms with E-state index in [9.17, 15) is 13.5 Å². The van der Waals surface area contributed by atoms with Crippen LogP contribution in [0.15, 0.2) is 18.2 Å². The summed E-state index contributed by atoms with van der Waals surface area (Å²) in [7, 11) is -3.19. The first-order valence-electron chi connectivity index (χ1n) is 6.20. The second-order valence-corrected chi connectivity index (χ2v) is 7.27. The molecule has 2 rings (SSSR count). The summed E-state index contributed by atoms with van der Waals surface area (Å²) in [6.07, 6.45) is -1.65. The lowest BCUT2D eigenvalue weighted by molar-refractivity contribution is 0.0733. The largest absolute Gasteiger partial charge is 0.486 e. The number of aliphatic hydroxyl groups is 1. The van der Waals surface area contributed by atoms with E-state index >= 15 is 0 Å². The molecule has 0 saturated carbocycles. The first-order chi connectivity index (χ1) is 8.78. The molecule has 1 fully saturated rings. The third kappa shape index (κ3) is 3.26. The molecule has 1 saturated heterocycles. The highest BCUT2D eigenvalue weighted by Gasteiger charge is 2.38. The predicted molar refractivity (Wildman–Crippen MR) is 72.9 cm³/mol. The van der Waals surface area contributed by atoms with Crippen LogP contribution in [0.2, 0.25) is 0 Å². The van der Waals surface area contributed by atoms with Crippen molar-refractivity contribution in [2.75, 3.05) is 11.5 Å². The molecule has 3 atom stereocenters. The van der Waals surface area contributed by atoms with Crippen LogP contribution in [0, 0.1) is 6.92 Å². The highest BCUT2D eigenvalue weighted by molar-refractivity contribution is 7.91. The van der Waals surface area contributed by atoms with Gasteiger partial charge in [0.15, 0.2) is 9.84 Å². The van der Waals surface area contributed by atoms with Crippen LogP contribution >= 0.6 is 0 Å².